The standard InChI is InChI=1S/C26H18ClN3O2/c27-21-7-1-4-17(12-21)22-14-25(31)30-24-9-8-18(13-23(22)24)26(32,19-5-2-10-28-15-19)20-6-3-11-29-16-20/h1-16,32H,(H,30,31). The first-order valence-electron chi connectivity index (χ1n) is 10.0. The van der Waals surface area contributed by atoms with Crippen LogP contribution >= 0.6 is 11.6 Å². The van der Waals surface area contributed by atoms with E-state index in [4.69, 9.17) is 11.6 Å². The Morgan fingerprint density at radius 1 is 0.812 bits per heavy atom. The molecular weight excluding hydrogens is 422 g/mol. The molecule has 0 amide bonds. The lowest BCUT2D eigenvalue weighted by Crippen LogP contribution is -2.29. The number of aliphatic hydroxyl groups is 1. The van der Waals surface area contributed by atoms with Gasteiger partial charge in [0.2, 0.25) is 5.56 Å². The van der Waals surface area contributed by atoms with E-state index in [1.165, 1.54) is 0 Å². The molecule has 3 aromatic heterocycles. The average Bonchev–Trinajstić information content (AvgIpc) is 2.84. The van der Waals surface area contributed by atoms with Crippen LogP contribution in [0.2, 0.25) is 5.02 Å². The molecule has 0 unspecified atom stereocenters. The maximum absolute atomic E-state index is 12.3. The summed E-state index contributed by atoms with van der Waals surface area (Å²) in [5.74, 6) is 0. The van der Waals surface area contributed by atoms with E-state index in [9.17, 15) is 9.90 Å². The molecule has 0 aliphatic heterocycles. The molecule has 0 saturated heterocycles. The molecule has 3 heterocycles. The summed E-state index contributed by atoms with van der Waals surface area (Å²) in [6.45, 7) is 0. The van der Waals surface area contributed by atoms with Gasteiger partial charge in [-0.05, 0) is 53.1 Å². The van der Waals surface area contributed by atoms with Crippen LogP contribution in [0.25, 0.3) is 22.0 Å². The molecule has 5 rings (SSSR count). The SMILES string of the molecule is O=c1cc(-c2cccc(Cl)c2)c2cc(C(O)(c3cccnc3)c3cccnc3)ccc2[nH]1. The number of aromatic nitrogens is 3. The molecule has 0 atom stereocenters. The first kappa shape index (κ1) is 20.1. The number of halogens is 1. The van der Waals surface area contributed by atoms with Gasteiger partial charge >= 0.3 is 0 Å². The van der Waals surface area contributed by atoms with Gasteiger partial charge < -0.3 is 10.1 Å². The number of fused-ring (bicyclic) bond motifs is 1. The summed E-state index contributed by atoms with van der Waals surface area (Å²) in [6, 6.07) is 21.6. The Labute approximate surface area is 189 Å². The van der Waals surface area contributed by atoms with Crippen LogP contribution in [0.15, 0.2) is 102 Å². The monoisotopic (exact) mass is 439 g/mol. The highest BCUT2D eigenvalue weighted by Gasteiger charge is 2.34. The van der Waals surface area contributed by atoms with Crippen molar-refractivity contribution in [2.24, 2.45) is 0 Å². The zero-order valence-electron chi connectivity index (χ0n) is 16.9. The van der Waals surface area contributed by atoms with Crippen LogP contribution in [0.4, 0.5) is 0 Å². The van der Waals surface area contributed by atoms with Gasteiger partial charge in [0.05, 0.1) is 0 Å². The van der Waals surface area contributed by atoms with E-state index < -0.39 is 5.60 Å². The Hall–Kier alpha value is -3.80. The van der Waals surface area contributed by atoms with Gasteiger partial charge in [0, 0.05) is 57.9 Å². The number of rotatable bonds is 4. The second-order valence-electron chi connectivity index (χ2n) is 7.51. The van der Waals surface area contributed by atoms with E-state index in [1.807, 2.05) is 36.4 Å². The first-order chi connectivity index (χ1) is 15.6. The number of hydrogen-bond acceptors (Lipinski definition) is 4. The summed E-state index contributed by atoms with van der Waals surface area (Å²) in [5, 5.41) is 13.4. The highest BCUT2D eigenvalue weighted by Crippen LogP contribution is 2.38. The smallest absolute Gasteiger partial charge is 0.249 e. The molecule has 32 heavy (non-hydrogen) atoms. The molecule has 0 aliphatic carbocycles. The van der Waals surface area contributed by atoms with Crippen molar-refractivity contribution in [3.8, 4) is 11.1 Å². The van der Waals surface area contributed by atoms with E-state index in [2.05, 4.69) is 15.0 Å². The quantitative estimate of drug-likeness (QED) is 0.416. The normalized spacial score (nSPS) is 11.6. The lowest BCUT2D eigenvalue weighted by atomic mass is 9.81. The molecule has 156 valence electrons. The molecule has 6 heteroatoms. The summed E-state index contributed by atoms with van der Waals surface area (Å²) in [5.41, 5.74) is 2.36. The second-order valence-corrected chi connectivity index (χ2v) is 7.95. The summed E-state index contributed by atoms with van der Waals surface area (Å²) < 4.78 is 0. The van der Waals surface area contributed by atoms with Gasteiger partial charge in [-0.2, -0.15) is 0 Å². The van der Waals surface area contributed by atoms with Crippen molar-refractivity contribution in [1.29, 1.82) is 0 Å². The minimum absolute atomic E-state index is 0.213. The lowest BCUT2D eigenvalue weighted by molar-refractivity contribution is 0.125. The summed E-state index contributed by atoms with van der Waals surface area (Å²) >= 11 is 6.21. The topological polar surface area (TPSA) is 78.9 Å². The van der Waals surface area contributed by atoms with E-state index in [-0.39, 0.29) is 5.56 Å². The van der Waals surface area contributed by atoms with E-state index in [0.29, 0.717) is 27.2 Å². The summed E-state index contributed by atoms with van der Waals surface area (Å²) in [7, 11) is 0. The maximum atomic E-state index is 12.3. The third kappa shape index (κ3) is 3.47. The Kier molecular flexibility index (Phi) is 5.05. The highest BCUT2D eigenvalue weighted by molar-refractivity contribution is 6.30. The maximum Gasteiger partial charge on any atom is 0.249 e. The van der Waals surface area contributed by atoms with Gasteiger partial charge in [-0.1, -0.05) is 41.9 Å². The number of H-pyrrole nitrogens is 1. The number of aromatic amines is 1. The first-order valence-corrected chi connectivity index (χ1v) is 10.4. The average molecular weight is 440 g/mol. The largest absolute Gasteiger partial charge is 0.376 e. The summed E-state index contributed by atoms with van der Waals surface area (Å²) in [4.78, 5) is 23.6. The number of nitrogens with zero attached hydrogens (tertiary/aromatic N) is 2. The zero-order chi connectivity index (χ0) is 22.1. The zero-order valence-corrected chi connectivity index (χ0v) is 17.6. The van der Waals surface area contributed by atoms with E-state index >= 15 is 0 Å². The van der Waals surface area contributed by atoms with Crippen LogP contribution in [0, 0.1) is 0 Å². The fraction of sp³-hybridized carbons (Fsp3) is 0.0385. The predicted octanol–water partition coefficient (Wildman–Crippen LogP) is 4.92. The summed E-state index contributed by atoms with van der Waals surface area (Å²) in [6.07, 6.45) is 6.61. The van der Waals surface area contributed by atoms with Crippen LogP contribution in [0.5, 0.6) is 0 Å². The molecular formula is C26H18ClN3O2. The van der Waals surface area contributed by atoms with Gasteiger partial charge in [0.15, 0.2) is 0 Å². The Morgan fingerprint density at radius 3 is 2.16 bits per heavy atom. The third-order valence-corrected chi connectivity index (χ3v) is 5.79. The number of nitrogens with one attached hydrogen (secondary N) is 1. The lowest BCUT2D eigenvalue weighted by Gasteiger charge is -2.29. The molecule has 2 N–H and O–H groups in total. The molecule has 5 nitrogen and oxygen atoms in total. The van der Waals surface area contributed by atoms with Crippen molar-refractivity contribution in [3.63, 3.8) is 0 Å². The number of benzene rings is 2. The van der Waals surface area contributed by atoms with Crippen LogP contribution in [0.1, 0.15) is 16.7 Å². The Bertz CT molecular complexity index is 1430. The van der Waals surface area contributed by atoms with Crippen molar-refractivity contribution in [2.75, 3.05) is 0 Å². The van der Waals surface area contributed by atoms with Crippen LogP contribution < -0.4 is 5.56 Å². The Balaban J connectivity index is 1.81. The molecule has 0 bridgehead atoms. The van der Waals surface area contributed by atoms with E-state index in [1.54, 1.807) is 61.2 Å². The fourth-order valence-corrected chi connectivity index (χ4v) is 4.22. The van der Waals surface area contributed by atoms with Crippen molar-refractivity contribution in [3.05, 3.63) is 130 Å². The minimum atomic E-state index is -1.49. The molecule has 0 fully saturated rings. The molecule has 5 aromatic rings. The number of hydrogen-bond donors (Lipinski definition) is 2. The van der Waals surface area contributed by atoms with Gasteiger partial charge in [-0.25, -0.2) is 0 Å². The number of pyridine rings is 3. The van der Waals surface area contributed by atoms with Crippen LogP contribution in [0.3, 0.4) is 0 Å². The predicted molar refractivity (Wildman–Crippen MR) is 126 cm³/mol. The van der Waals surface area contributed by atoms with Crippen LogP contribution in [-0.2, 0) is 5.60 Å². The van der Waals surface area contributed by atoms with Crippen molar-refractivity contribution in [2.45, 2.75) is 5.60 Å². The third-order valence-electron chi connectivity index (χ3n) is 5.56. The minimum Gasteiger partial charge on any atom is -0.376 e. The van der Waals surface area contributed by atoms with Gasteiger partial charge in [-0.3, -0.25) is 14.8 Å². The fourth-order valence-electron chi connectivity index (χ4n) is 4.03. The van der Waals surface area contributed by atoms with Crippen molar-refractivity contribution < 1.29 is 5.11 Å². The van der Waals surface area contributed by atoms with Gasteiger partial charge in [0.25, 0.3) is 0 Å². The highest BCUT2D eigenvalue weighted by atomic mass is 35.5. The molecule has 0 saturated carbocycles. The van der Waals surface area contributed by atoms with E-state index in [0.717, 1.165) is 16.5 Å². The van der Waals surface area contributed by atoms with Gasteiger partial charge in [0.1, 0.15) is 5.60 Å². The van der Waals surface area contributed by atoms with Crippen molar-refractivity contribution in [1.82, 2.24) is 15.0 Å². The molecule has 2 aromatic carbocycles. The molecule has 0 radical (unpaired) electrons. The van der Waals surface area contributed by atoms with Gasteiger partial charge in [-0.15, -0.1) is 0 Å². The molecule has 0 aliphatic rings. The molecule has 0 spiro atoms. The van der Waals surface area contributed by atoms with Crippen molar-refractivity contribution >= 4 is 22.5 Å². The van der Waals surface area contributed by atoms with Crippen LogP contribution in [-0.4, -0.2) is 20.1 Å². The second kappa shape index (κ2) is 8.04. The Morgan fingerprint density at radius 2 is 1.53 bits per heavy atom.